The summed E-state index contributed by atoms with van der Waals surface area (Å²) in [7, 11) is 0. The average Bonchev–Trinajstić information content (AvgIpc) is 2.89. The third-order valence-electron chi connectivity index (χ3n) is 6.30. The fourth-order valence-corrected chi connectivity index (χ4v) is 5.52. The van der Waals surface area contributed by atoms with Crippen LogP contribution in [0.1, 0.15) is 55.5 Å². The second-order valence-electron chi connectivity index (χ2n) is 9.12. The lowest BCUT2D eigenvalue weighted by molar-refractivity contribution is 0.0981. The number of carbonyl (C=O) groups is 1. The highest BCUT2D eigenvalue weighted by atomic mass is 32.1. The van der Waals surface area contributed by atoms with Crippen LogP contribution >= 0.6 is 11.3 Å². The lowest BCUT2D eigenvalue weighted by Crippen LogP contribution is -2.36. The number of hydrogen-bond acceptors (Lipinski definition) is 5. The molecule has 5 rings (SSSR count). The summed E-state index contributed by atoms with van der Waals surface area (Å²) in [5.41, 5.74) is 3.33. The van der Waals surface area contributed by atoms with E-state index in [-0.39, 0.29) is 11.2 Å². The Morgan fingerprint density at radius 1 is 0.943 bits per heavy atom. The van der Waals surface area contributed by atoms with Gasteiger partial charge in [0.25, 0.3) is 0 Å². The fraction of sp³-hybridized carbons (Fsp3) is 0.333. The van der Waals surface area contributed by atoms with Crippen LogP contribution in [0.5, 0.6) is 0 Å². The average molecular weight is 488 g/mol. The van der Waals surface area contributed by atoms with Gasteiger partial charge in [-0.1, -0.05) is 45.0 Å². The van der Waals surface area contributed by atoms with Crippen LogP contribution in [0.3, 0.4) is 0 Å². The molecule has 0 atom stereocenters. The van der Waals surface area contributed by atoms with E-state index in [1.807, 2.05) is 67.6 Å². The molecule has 2 heterocycles. The maximum atomic E-state index is 12.6. The lowest BCUT2D eigenvalue weighted by atomic mass is 9.98. The van der Waals surface area contributed by atoms with Gasteiger partial charge in [-0.25, -0.2) is 0 Å². The second kappa shape index (κ2) is 11.6. The molecule has 0 amide bonds. The van der Waals surface area contributed by atoms with E-state index in [2.05, 4.69) is 24.8 Å². The molecule has 0 radical (unpaired) electrons. The van der Waals surface area contributed by atoms with Gasteiger partial charge in [0.2, 0.25) is 0 Å². The first-order valence-electron chi connectivity index (χ1n) is 12.4. The number of anilines is 1. The number of ether oxygens (including phenoxy) is 1. The Labute approximate surface area is 211 Å². The van der Waals surface area contributed by atoms with Crippen LogP contribution in [0.4, 0.5) is 5.69 Å². The first kappa shape index (κ1) is 25.1. The van der Waals surface area contributed by atoms with Crippen molar-refractivity contribution in [2.45, 2.75) is 39.5 Å². The van der Waals surface area contributed by atoms with Crippen molar-refractivity contribution in [2.75, 3.05) is 31.2 Å². The number of ketones is 1. The van der Waals surface area contributed by atoms with Gasteiger partial charge < -0.3 is 9.64 Å². The first-order chi connectivity index (χ1) is 17.0. The van der Waals surface area contributed by atoms with Gasteiger partial charge in [0.1, 0.15) is 0 Å². The molecule has 0 unspecified atom stereocenters. The minimum Gasteiger partial charge on any atom is -0.378 e. The summed E-state index contributed by atoms with van der Waals surface area (Å²) in [6.07, 6.45) is 1.54. The smallest absolute Gasteiger partial charge is 0.196 e. The van der Waals surface area contributed by atoms with Crippen molar-refractivity contribution in [1.29, 1.82) is 0 Å². The number of hydrogen-bond donors (Lipinski definition) is 0. The standard InChI is InChI=1S/C16H14OS.C14H19NO2/c1-10(2)11-7-5-9-14-15(11)16(17)12-6-3-4-8-13(12)18-14;1-2-3-14(16)12-4-6-13(7-5-12)15-8-10-17-11-9-15/h3-10H,1-2H3;4-7H,2-3,8-11H2,1H3. The zero-order chi connectivity index (χ0) is 24.8. The van der Waals surface area contributed by atoms with Crippen LogP contribution < -0.4 is 10.3 Å². The van der Waals surface area contributed by atoms with E-state index >= 15 is 0 Å². The van der Waals surface area contributed by atoms with Gasteiger partial charge in [-0.15, -0.1) is 11.3 Å². The van der Waals surface area contributed by atoms with E-state index in [1.165, 1.54) is 5.69 Å². The molecule has 182 valence electrons. The molecule has 4 nitrogen and oxygen atoms in total. The maximum Gasteiger partial charge on any atom is 0.196 e. The van der Waals surface area contributed by atoms with E-state index in [4.69, 9.17) is 4.74 Å². The summed E-state index contributed by atoms with van der Waals surface area (Å²) >= 11 is 1.70. The summed E-state index contributed by atoms with van der Waals surface area (Å²) in [5, 5.41) is 1.74. The van der Waals surface area contributed by atoms with Crippen molar-refractivity contribution in [1.82, 2.24) is 0 Å². The Morgan fingerprint density at radius 2 is 1.63 bits per heavy atom. The normalized spacial score (nSPS) is 13.7. The number of nitrogens with zero attached hydrogens (tertiary/aromatic N) is 1. The number of rotatable bonds is 5. The lowest BCUT2D eigenvalue weighted by Gasteiger charge is -2.28. The van der Waals surface area contributed by atoms with Crippen molar-refractivity contribution in [3.63, 3.8) is 0 Å². The summed E-state index contributed by atoms with van der Waals surface area (Å²) in [6, 6.07) is 21.9. The van der Waals surface area contributed by atoms with Crippen LogP contribution in [0.15, 0.2) is 71.5 Å². The summed E-state index contributed by atoms with van der Waals surface area (Å²) in [4.78, 5) is 26.6. The molecule has 1 aliphatic rings. The summed E-state index contributed by atoms with van der Waals surface area (Å²) in [6.45, 7) is 9.74. The molecule has 0 N–H and O–H groups in total. The highest BCUT2D eigenvalue weighted by Crippen LogP contribution is 2.29. The van der Waals surface area contributed by atoms with E-state index in [0.29, 0.717) is 12.3 Å². The van der Waals surface area contributed by atoms with E-state index in [1.54, 1.807) is 11.3 Å². The molecule has 1 aliphatic heterocycles. The largest absolute Gasteiger partial charge is 0.378 e. The molecule has 3 aromatic carbocycles. The van der Waals surface area contributed by atoms with Crippen molar-refractivity contribution in [2.24, 2.45) is 0 Å². The third-order valence-corrected chi connectivity index (χ3v) is 7.44. The van der Waals surface area contributed by atoms with Gasteiger partial charge in [-0.05, 0) is 60.4 Å². The molecule has 0 aliphatic carbocycles. The molecule has 1 aromatic heterocycles. The van der Waals surface area contributed by atoms with Crippen LogP contribution in [0.25, 0.3) is 20.2 Å². The Hall–Kier alpha value is -3.02. The number of fused-ring (bicyclic) bond motifs is 2. The van der Waals surface area contributed by atoms with Crippen LogP contribution in [0.2, 0.25) is 0 Å². The Kier molecular flexibility index (Phi) is 8.32. The number of carbonyl (C=O) groups excluding carboxylic acids is 1. The van der Waals surface area contributed by atoms with Crippen LogP contribution in [0, 0.1) is 0 Å². The molecular formula is C30H33NO3S. The quantitative estimate of drug-likeness (QED) is 0.224. The van der Waals surface area contributed by atoms with Crippen molar-refractivity contribution in [3.8, 4) is 0 Å². The van der Waals surface area contributed by atoms with Gasteiger partial charge >= 0.3 is 0 Å². The molecule has 1 fully saturated rings. The predicted octanol–water partition coefficient (Wildman–Crippen LogP) is 7.04. The van der Waals surface area contributed by atoms with E-state index < -0.39 is 0 Å². The topological polar surface area (TPSA) is 46.6 Å². The maximum absolute atomic E-state index is 12.6. The van der Waals surface area contributed by atoms with Crippen molar-refractivity contribution < 1.29 is 9.53 Å². The molecule has 5 heteroatoms. The molecule has 0 bridgehead atoms. The Balaban J connectivity index is 0.000000165. The zero-order valence-corrected chi connectivity index (χ0v) is 21.6. The third kappa shape index (κ3) is 5.80. The second-order valence-corrected chi connectivity index (χ2v) is 10.2. The molecule has 0 spiro atoms. The first-order valence-corrected chi connectivity index (χ1v) is 13.2. The number of morpholine rings is 1. The Morgan fingerprint density at radius 3 is 2.31 bits per heavy atom. The van der Waals surface area contributed by atoms with E-state index in [0.717, 1.165) is 64.0 Å². The van der Waals surface area contributed by atoms with Crippen LogP contribution in [-0.2, 0) is 4.74 Å². The van der Waals surface area contributed by atoms with Gasteiger partial charge in [0.05, 0.1) is 13.2 Å². The minimum absolute atomic E-state index is 0.170. The van der Waals surface area contributed by atoms with Crippen molar-refractivity contribution in [3.05, 3.63) is 88.1 Å². The zero-order valence-electron chi connectivity index (χ0n) is 20.8. The monoisotopic (exact) mass is 487 g/mol. The van der Waals surface area contributed by atoms with Crippen molar-refractivity contribution >= 4 is 43.0 Å². The molecule has 0 saturated carbocycles. The predicted molar refractivity (Wildman–Crippen MR) is 148 cm³/mol. The fourth-order valence-electron chi connectivity index (χ4n) is 4.40. The van der Waals surface area contributed by atoms with Gasteiger partial charge in [-0.3, -0.25) is 9.59 Å². The number of benzene rings is 3. The molecule has 4 aromatic rings. The van der Waals surface area contributed by atoms with Gasteiger partial charge in [-0.2, -0.15) is 0 Å². The SMILES string of the molecule is CC(C)c1cccc2sc3ccccc3c(=O)c12.CCCC(=O)c1ccc(N2CCOCC2)cc1. The van der Waals surface area contributed by atoms with Crippen LogP contribution in [-0.4, -0.2) is 32.1 Å². The summed E-state index contributed by atoms with van der Waals surface area (Å²) in [5.74, 6) is 0.607. The minimum atomic E-state index is 0.170. The van der Waals surface area contributed by atoms with Gasteiger partial charge in [0.15, 0.2) is 11.2 Å². The number of Topliss-reactive ketones (excluding diaryl/α,β-unsaturated/α-hetero) is 1. The van der Waals surface area contributed by atoms with E-state index in [9.17, 15) is 9.59 Å². The molecule has 35 heavy (non-hydrogen) atoms. The summed E-state index contributed by atoms with van der Waals surface area (Å²) < 4.78 is 7.47. The highest BCUT2D eigenvalue weighted by molar-refractivity contribution is 7.24. The molecular weight excluding hydrogens is 454 g/mol. The Bertz CT molecular complexity index is 1350. The molecule has 1 saturated heterocycles. The van der Waals surface area contributed by atoms with Gasteiger partial charge in [0, 0.05) is 50.9 Å². The highest BCUT2D eigenvalue weighted by Gasteiger charge is 2.13.